The molecule has 1 saturated heterocycles. The molecule has 1 fully saturated rings. The van der Waals surface area contributed by atoms with Crippen molar-refractivity contribution in [2.75, 3.05) is 18.0 Å². The Morgan fingerprint density at radius 2 is 2.20 bits per heavy atom. The number of anilines is 1. The topological polar surface area (TPSA) is 28.2 Å². The van der Waals surface area contributed by atoms with Crippen molar-refractivity contribution >= 4 is 5.69 Å². The molecule has 1 atom stereocenters. The molecule has 0 aliphatic carbocycles. The lowest BCUT2D eigenvalue weighted by molar-refractivity contribution is 0.401. The summed E-state index contributed by atoms with van der Waals surface area (Å²) in [5.74, 6) is 0.840. The average molecular weight is 275 g/mol. The Hall–Kier alpha value is -1.09. The van der Waals surface area contributed by atoms with Gasteiger partial charge in [-0.2, -0.15) is 0 Å². The third kappa shape index (κ3) is 4.20. The standard InChI is InChI=1S/C17H29N3/c1-5-14-7-6-10-20(13-14)16-12-18-9-8-15(16)11-19-17(2,3)4/h8-9,12,14,19H,5-7,10-11,13H2,1-4H3. The van der Waals surface area contributed by atoms with E-state index in [1.807, 2.05) is 12.4 Å². The van der Waals surface area contributed by atoms with Gasteiger partial charge in [-0.05, 0) is 51.2 Å². The molecular weight excluding hydrogens is 246 g/mol. The van der Waals surface area contributed by atoms with Gasteiger partial charge in [-0.25, -0.2) is 0 Å². The van der Waals surface area contributed by atoms with Crippen LogP contribution in [0.5, 0.6) is 0 Å². The minimum atomic E-state index is 0.147. The van der Waals surface area contributed by atoms with Crippen LogP contribution in [0.15, 0.2) is 18.5 Å². The first-order valence-corrected chi connectivity index (χ1v) is 7.92. The van der Waals surface area contributed by atoms with Crippen molar-refractivity contribution in [1.29, 1.82) is 0 Å². The van der Waals surface area contributed by atoms with E-state index < -0.39 is 0 Å². The maximum atomic E-state index is 4.35. The molecule has 0 amide bonds. The Kier molecular flexibility index (Phi) is 5.03. The fourth-order valence-electron chi connectivity index (χ4n) is 2.83. The van der Waals surface area contributed by atoms with Gasteiger partial charge in [-0.1, -0.05) is 13.3 Å². The van der Waals surface area contributed by atoms with E-state index in [2.05, 4.69) is 49.0 Å². The minimum Gasteiger partial charge on any atom is -0.370 e. The molecule has 0 bridgehead atoms. The summed E-state index contributed by atoms with van der Waals surface area (Å²) in [7, 11) is 0. The number of hydrogen-bond acceptors (Lipinski definition) is 3. The molecule has 0 spiro atoms. The number of nitrogens with one attached hydrogen (secondary N) is 1. The Morgan fingerprint density at radius 1 is 1.40 bits per heavy atom. The number of hydrogen-bond donors (Lipinski definition) is 1. The minimum absolute atomic E-state index is 0.147. The van der Waals surface area contributed by atoms with Crippen LogP contribution in [0.25, 0.3) is 0 Å². The van der Waals surface area contributed by atoms with Crippen LogP contribution in [0.3, 0.4) is 0 Å². The van der Waals surface area contributed by atoms with Crippen LogP contribution in [0, 0.1) is 5.92 Å². The third-order valence-corrected chi connectivity index (χ3v) is 4.13. The molecule has 0 radical (unpaired) electrons. The second-order valence-electron chi connectivity index (χ2n) is 6.97. The number of pyridine rings is 1. The van der Waals surface area contributed by atoms with Gasteiger partial charge in [0.05, 0.1) is 11.9 Å². The van der Waals surface area contributed by atoms with E-state index in [-0.39, 0.29) is 5.54 Å². The molecule has 2 heterocycles. The Labute approximate surface area is 123 Å². The summed E-state index contributed by atoms with van der Waals surface area (Å²) in [5.41, 5.74) is 2.84. The van der Waals surface area contributed by atoms with Crippen LogP contribution in [0.2, 0.25) is 0 Å². The Morgan fingerprint density at radius 3 is 2.90 bits per heavy atom. The van der Waals surface area contributed by atoms with Crippen LogP contribution in [-0.2, 0) is 6.54 Å². The quantitative estimate of drug-likeness (QED) is 0.910. The molecular formula is C17H29N3. The molecule has 0 aromatic carbocycles. The van der Waals surface area contributed by atoms with Crippen LogP contribution >= 0.6 is 0 Å². The SMILES string of the molecule is CCC1CCCN(c2cnccc2CNC(C)(C)C)C1. The summed E-state index contributed by atoms with van der Waals surface area (Å²) >= 11 is 0. The molecule has 2 rings (SSSR count). The van der Waals surface area contributed by atoms with Gasteiger partial charge in [0.25, 0.3) is 0 Å². The molecule has 1 aliphatic rings. The highest BCUT2D eigenvalue weighted by Crippen LogP contribution is 2.27. The highest BCUT2D eigenvalue weighted by Gasteiger charge is 2.21. The Balaban J connectivity index is 2.10. The molecule has 112 valence electrons. The van der Waals surface area contributed by atoms with Crippen molar-refractivity contribution in [2.45, 2.75) is 59.0 Å². The third-order valence-electron chi connectivity index (χ3n) is 4.13. The van der Waals surface area contributed by atoms with E-state index >= 15 is 0 Å². The van der Waals surface area contributed by atoms with Crippen molar-refractivity contribution in [2.24, 2.45) is 5.92 Å². The highest BCUT2D eigenvalue weighted by molar-refractivity contribution is 5.52. The van der Waals surface area contributed by atoms with E-state index in [9.17, 15) is 0 Å². The molecule has 20 heavy (non-hydrogen) atoms. The van der Waals surface area contributed by atoms with Gasteiger partial charge in [0, 0.05) is 31.4 Å². The molecule has 3 nitrogen and oxygen atoms in total. The van der Waals surface area contributed by atoms with Gasteiger partial charge in [0.15, 0.2) is 0 Å². The molecule has 1 N–H and O–H groups in total. The van der Waals surface area contributed by atoms with Gasteiger partial charge in [-0.15, -0.1) is 0 Å². The fraction of sp³-hybridized carbons (Fsp3) is 0.706. The lowest BCUT2D eigenvalue weighted by Gasteiger charge is -2.35. The van der Waals surface area contributed by atoms with Crippen LogP contribution < -0.4 is 10.2 Å². The van der Waals surface area contributed by atoms with E-state index in [0.29, 0.717) is 0 Å². The summed E-state index contributed by atoms with van der Waals surface area (Å²) < 4.78 is 0. The van der Waals surface area contributed by atoms with Crippen molar-refractivity contribution in [3.05, 3.63) is 24.0 Å². The van der Waals surface area contributed by atoms with E-state index in [1.54, 1.807) is 0 Å². The van der Waals surface area contributed by atoms with E-state index in [1.165, 1.54) is 43.6 Å². The lowest BCUT2D eigenvalue weighted by atomic mass is 9.95. The van der Waals surface area contributed by atoms with Crippen LogP contribution in [-0.4, -0.2) is 23.6 Å². The molecule has 1 aromatic rings. The maximum absolute atomic E-state index is 4.35. The zero-order chi connectivity index (χ0) is 14.6. The summed E-state index contributed by atoms with van der Waals surface area (Å²) in [4.78, 5) is 6.88. The fourth-order valence-corrected chi connectivity index (χ4v) is 2.83. The second-order valence-corrected chi connectivity index (χ2v) is 6.97. The van der Waals surface area contributed by atoms with Gasteiger partial charge < -0.3 is 10.2 Å². The molecule has 0 saturated carbocycles. The summed E-state index contributed by atoms with van der Waals surface area (Å²) in [6, 6.07) is 2.16. The maximum Gasteiger partial charge on any atom is 0.0598 e. The largest absolute Gasteiger partial charge is 0.370 e. The average Bonchev–Trinajstić information content (AvgIpc) is 2.45. The second kappa shape index (κ2) is 6.57. The van der Waals surface area contributed by atoms with Gasteiger partial charge in [0.1, 0.15) is 0 Å². The molecule has 3 heteroatoms. The number of rotatable bonds is 4. The molecule has 1 aliphatic heterocycles. The van der Waals surface area contributed by atoms with Crippen molar-refractivity contribution in [3.8, 4) is 0 Å². The van der Waals surface area contributed by atoms with Crippen molar-refractivity contribution < 1.29 is 0 Å². The normalized spacial score (nSPS) is 20.2. The van der Waals surface area contributed by atoms with Crippen LogP contribution in [0.4, 0.5) is 5.69 Å². The predicted octanol–water partition coefficient (Wildman–Crippen LogP) is 3.60. The first-order valence-electron chi connectivity index (χ1n) is 7.92. The summed E-state index contributed by atoms with van der Waals surface area (Å²) in [5, 5.41) is 3.59. The smallest absolute Gasteiger partial charge is 0.0598 e. The van der Waals surface area contributed by atoms with Gasteiger partial charge in [-0.3, -0.25) is 4.98 Å². The summed E-state index contributed by atoms with van der Waals surface area (Å²) in [6.45, 7) is 12.2. The van der Waals surface area contributed by atoms with Gasteiger partial charge >= 0.3 is 0 Å². The lowest BCUT2D eigenvalue weighted by Crippen LogP contribution is -2.38. The van der Waals surface area contributed by atoms with Crippen molar-refractivity contribution in [1.82, 2.24) is 10.3 Å². The molecule has 1 aromatic heterocycles. The number of nitrogens with zero attached hydrogens (tertiary/aromatic N) is 2. The zero-order valence-corrected chi connectivity index (χ0v) is 13.4. The van der Waals surface area contributed by atoms with Crippen LogP contribution in [0.1, 0.15) is 52.5 Å². The van der Waals surface area contributed by atoms with E-state index in [0.717, 1.165) is 12.5 Å². The van der Waals surface area contributed by atoms with Crippen molar-refractivity contribution in [3.63, 3.8) is 0 Å². The van der Waals surface area contributed by atoms with Gasteiger partial charge in [0.2, 0.25) is 0 Å². The predicted molar refractivity (Wildman–Crippen MR) is 86.1 cm³/mol. The number of aromatic nitrogens is 1. The Bertz CT molecular complexity index is 422. The number of piperidine rings is 1. The first-order chi connectivity index (χ1) is 9.49. The summed E-state index contributed by atoms with van der Waals surface area (Å²) in [6.07, 6.45) is 7.91. The zero-order valence-electron chi connectivity index (χ0n) is 13.4. The molecule has 1 unspecified atom stereocenters. The monoisotopic (exact) mass is 275 g/mol. The first kappa shape index (κ1) is 15.3. The van der Waals surface area contributed by atoms with E-state index in [4.69, 9.17) is 0 Å². The highest BCUT2D eigenvalue weighted by atomic mass is 15.1.